The maximum absolute atomic E-state index is 6.07. The molecule has 1 aliphatic carbocycles. The van der Waals surface area contributed by atoms with Gasteiger partial charge in [-0.2, -0.15) is 0 Å². The summed E-state index contributed by atoms with van der Waals surface area (Å²) in [6.45, 7) is 2.12. The SMILES string of the molecule is Cc1ccccc1-c1ncc(-c2nccn2[C@@H]2CC[C@@H](N)C2)s1.Cl.Cl. The fourth-order valence-corrected chi connectivity index (χ4v) is 4.37. The summed E-state index contributed by atoms with van der Waals surface area (Å²) in [5.41, 5.74) is 8.52. The van der Waals surface area contributed by atoms with E-state index in [1.807, 2.05) is 12.4 Å². The normalized spacial score (nSPS) is 19.3. The maximum Gasteiger partial charge on any atom is 0.151 e. The third-order valence-electron chi connectivity index (χ3n) is 4.61. The number of imidazole rings is 1. The van der Waals surface area contributed by atoms with Crippen molar-refractivity contribution in [2.24, 2.45) is 5.73 Å². The fraction of sp³-hybridized carbons (Fsp3) is 0.333. The van der Waals surface area contributed by atoms with E-state index < -0.39 is 0 Å². The molecule has 3 aromatic rings. The van der Waals surface area contributed by atoms with Crippen molar-refractivity contribution >= 4 is 36.2 Å². The van der Waals surface area contributed by atoms with Crippen LogP contribution in [-0.4, -0.2) is 20.6 Å². The fourth-order valence-electron chi connectivity index (χ4n) is 3.36. The van der Waals surface area contributed by atoms with Crippen LogP contribution in [0.25, 0.3) is 21.3 Å². The molecule has 2 atom stereocenters. The summed E-state index contributed by atoms with van der Waals surface area (Å²) in [7, 11) is 0. The van der Waals surface area contributed by atoms with E-state index in [1.165, 1.54) is 11.1 Å². The molecule has 2 aromatic heterocycles. The van der Waals surface area contributed by atoms with Crippen LogP contribution in [0.3, 0.4) is 0 Å². The van der Waals surface area contributed by atoms with E-state index in [-0.39, 0.29) is 24.8 Å². The Morgan fingerprint density at radius 3 is 2.68 bits per heavy atom. The van der Waals surface area contributed by atoms with Crippen molar-refractivity contribution in [3.05, 3.63) is 48.4 Å². The maximum atomic E-state index is 6.07. The average Bonchev–Trinajstić information content (AvgIpc) is 3.26. The van der Waals surface area contributed by atoms with Crippen molar-refractivity contribution < 1.29 is 0 Å². The minimum atomic E-state index is 0. The molecule has 1 aliphatic rings. The second-order valence-corrected chi connectivity index (χ2v) is 7.26. The van der Waals surface area contributed by atoms with Crippen LogP contribution in [-0.2, 0) is 0 Å². The quantitative estimate of drug-likeness (QED) is 0.686. The Morgan fingerprint density at radius 2 is 1.96 bits per heavy atom. The number of halogens is 2. The smallest absolute Gasteiger partial charge is 0.151 e. The Balaban J connectivity index is 0.00000113. The molecule has 134 valence electrons. The first kappa shape index (κ1) is 19.9. The number of hydrogen-bond acceptors (Lipinski definition) is 4. The lowest BCUT2D eigenvalue weighted by Gasteiger charge is -2.14. The molecule has 0 amide bonds. The molecule has 1 saturated carbocycles. The van der Waals surface area contributed by atoms with Crippen molar-refractivity contribution in [3.8, 4) is 21.3 Å². The highest BCUT2D eigenvalue weighted by Crippen LogP contribution is 2.36. The van der Waals surface area contributed by atoms with E-state index in [4.69, 9.17) is 5.73 Å². The highest BCUT2D eigenvalue weighted by atomic mass is 35.5. The molecule has 4 nitrogen and oxygen atoms in total. The molecule has 0 radical (unpaired) electrons. The first-order valence-corrected chi connectivity index (χ1v) is 8.84. The van der Waals surface area contributed by atoms with Crippen LogP contribution < -0.4 is 5.73 Å². The zero-order valence-corrected chi connectivity index (χ0v) is 16.4. The predicted molar refractivity (Wildman–Crippen MR) is 109 cm³/mol. The van der Waals surface area contributed by atoms with Gasteiger partial charge in [-0.05, 0) is 31.7 Å². The lowest BCUT2D eigenvalue weighted by molar-refractivity contribution is 0.515. The summed E-state index contributed by atoms with van der Waals surface area (Å²) in [4.78, 5) is 10.3. The first-order valence-electron chi connectivity index (χ1n) is 8.03. The van der Waals surface area contributed by atoms with Gasteiger partial charge in [-0.1, -0.05) is 24.3 Å². The van der Waals surface area contributed by atoms with E-state index in [0.717, 1.165) is 35.0 Å². The van der Waals surface area contributed by atoms with Crippen LogP contribution in [0.2, 0.25) is 0 Å². The minimum Gasteiger partial charge on any atom is -0.328 e. The monoisotopic (exact) mass is 396 g/mol. The number of aryl methyl sites for hydroxylation is 1. The number of benzene rings is 1. The van der Waals surface area contributed by atoms with Crippen molar-refractivity contribution in [2.75, 3.05) is 0 Å². The second kappa shape index (κ2) is 8.32. The van der Waals surface area contributed by atoms with Crippen molar-refractivity contribution in [1.29, 1.82) is 0 Å². The van der Waals surface area contributed by atoms with E-state index in [9.17, 15) is 0 Å². The molecule has 0 saturated heterocycles. The lowest BCUT2D eigenvalue weighted by atomic mass is 10.1. The molecular weight excluding hydrogens is 375 g/mol. The van der Waals surface area contributed by atoms with Crippen LogP contribution in [0, 0.1) is 6.92 Å². The summed E-state index contributed by atoms with van der Waals surface area (Å²) >= 11 is 1.71. The summed E-state index contributed by atoms with van der Waals surface area (Å²) in [6.07, 6.45) is 9.16. The van der Waals surface area contributed by atoms with Gasteiger partial charge in [0.1, 0.15) is 5.01 Å². The van der Waals surface area contributed by atoms with Crippen LogP contribution in [0.15, 0.2) is 42.9 Å². The zero-order valence-electron chi connectivity index (χ0n) is 14.0. The van der Waals surface area contributed by atoms with Crippen molar-refractivity contribution in [1.82, 2.24) is 14.5 Å². The van der Waals surface area contributed by atoms with Crippen molar-refractivity contribution in [3.63, 3.8) is 0 Å². The van der Waals surface area contributed by atoms with Gasteiger partial charge in [0.05, 0.1) is 4.88 Å². The minimum absolute atomic E-state index is 0. The number of nitrogens with two attached hydrogens (primary N) is 1. The molecule has 0 aliphatic heterocycles. The van der Waals surface area contributed by atoms with Crippen LogP contribution >= 0.6 is 36.2 Å². The van der Waals surface area contributed by atoms with Gasteiger partial charge in [0.25, 0.3) is 0 Å². The molecule has 1 fully saturated rings. The van der Waals surface area contributed by atoms with Crippen LogP contribution in [0.5, 0.6) is 0 Å². The van der Waals surface area contributed by atoms with Crippen LogP contribution in [0.1, 0.15) is 30.9 Å². The zero-order chi connectivity index (χ0) is 15.8. The van der Waals surface area contributed by atoms with Crippen molar-refractivity contribution in [2.45, 2.75) is 38.3 Å². The van der Waals surface area contributed by atoms with Gasteiger partial charge in [0.15, 0.2) is 5.82 Å². The average molecular weight is 397 g/mol. The molecule has 7 heteroatoms. The Labute approximate surface area is 164 Å². The standard InChI is InChI=1S/C18H20N4S.2ClH/c1-12-4-2-3-5-15(12)18-21-11-16(23-18)17-20-8-9-22(17)14-7-6-13(19)10-14;;/h2-5,8-9,11,13-14H,6-7,10,19H2,1H3;2*1H/t13-,14-;;/m1../s1. The molecule has 2 heterocycles. The third-order valence-corrected chi connectivity index (χ3v) is 5.64. The molecule has 4 rings (SSSR count). The van der Waals surface area contributed by atoms with Crippen LogP contribution in [0.4, 0.5) is 0 Å². The predicted octanol–water partition coefficient (Wildman–Crippen LogP) is 4.88. The molecule has 2 N–H and O–H groups in total. The Hall–Kier alpha value is -1.40. The van der Waals surface area contributed by atoms with Gasteiger partial charge in [-0.25, -0.2) is 9.97 Å². The number of aromatic nitrogens is 3. The van der Waals surface area contributed by atoms with E-state index in [1.54, 1.807) is 11.3 Å². The summed E-state index contributed by atoms with van der Waals surface area (Å²) < 4.78 is 2.28. The first-order chi connectivity index (χ1) is 11.2. The summed E-state index contributed by atoms with van der Waals surface area (Å²) in [5, 5.41) is 1.05. The lowest BCUT2D eigenvalue weighted by Crippen LogP contribution is -2.16. The molecular formula is C18H22Cl2N4S. The summed E-state index contributed by atoms with van der Waals surface area (Å²) in [5.74, 6) is 1.02. The van der Waals surface area contributed by atoms with Gasteiger partial charge in [0.2, 0.25) is 0 Å². The Morgan fingerprint density at radius 1 is 1.16 bits per heavy atom. The van der Waals surface area contributed by atoms with Gasteiger partial charge >= 0.3 is 0 Å². The van der Waals surface area contributed by atoms with Gasteiger partial charge in [0, 0.05) is 36.2 Å². The van der Waals surface area contributed by atoms with Gasteiger partial charge in [-0.15, -0.1) is 36.2 Å². The highest BCUT2D eigenvalue weighted by Gasteiger charge is 2.25. The molecule has 25 heavy (non-hydrogen) atoms. The highest BCUT2D eigenvalue weighted by molar-refractivity contribution is 7.18. The largest absolute Gasteiger partial charge is 0.328 e. The second-order valence-electron chi connectivity index (χ2n) is 6.23. The molecule has 0 bridgehead atoms. The van der Waals surface area contributed by atoms with Gasteiger partial charge in [-0.3, -0.25) is 0 Å². The molecule has 0 spiro atoms. The Kier molecular flexibility index (Phi) is 6.63. The van der Waals surface area contributed by atoms with Gasteiger partial charge < -0.3 is 10.3 Å². The third kappa shape index (κ3) is 3.90. The topological polar surface area (TPSA) is 56.7 Å². The number of rotatable bonds is 3. The number of nitrogens with zero attached hydrogens (tertiary/aromatic N) is 3. The van der Waals surface area contributed by atoms with E-state index in [0.29, 0.717) is 12.1 Å². The number of hydrogen-bond donors (Lipinski definition) is 1. The van der Waals surface area contributed by atoms with E-state index in [2.05, 4.69) is 51.9 Å². The molecule has 1 aromatic carbocycles. The Bertz CT molecular complexity index is 830. The summed E-state index contributed by atoms with van der Waals surface area (Å²) in [6, 6.07) is 9.15. The molecule has 0 unspecified atom stereocenters. The van der Waals surface area contributed by atoms with E-state index >= 15 is 0 Å². The number of thiazole rings is 1.